The fraction of sp³-hybridized carbons (Fsp3) is 0.444. The lowest BCUT2D eigenvalue weighted by molar-refractivity contribution is -0.0316. The minimum absolute atomic E-state index is 0.242. The Morgan fingerprint density at radius 2 is 2.32 bits per heavy atom. The molecule has 1 saturated heterocycles. The van der Waals surface area contributed by atoms with Crippen LogP contribution in [0.2, 0.25) is 0 Å². The summed E-state index contributed by atoms with van der Waals surface area (Å²) in [6, 6.07) is 0.373. The van der Waals surface area contributed by atoms with Crippen molar-refractivity contribution in [3.63, 3.8) is 0 Å². The first-order valence-corrected chi connectivity index (χ1v) is 7.71. The van der Waals surface area contributed by atoms with Crippen LogP contribution in [0.1, 0.15) is 22.5 Å². The van der Waals surface area contributed by atoms with E-state index in [0.717, 1.165) is 10.4 Å². The number of carbonyl (C=O) groups is 1. The monoisotopic (exact) mass is 305 g/mol. The van der Waals surface area contributed by atoms with E-state index in [-0.39, 0.29) is 12.6 Å². The van der Waals surface area contributed by atoms with E-state index in [0.29, 0.717) is 11.6 Å². The van der Waals surface area contributed by atoms with Gasteiger partial charge >= 0.3 is 16.4 Å². The minimum atomic E-state index is -4.74. The molecule has 1 aromatic rings. The van der Waals surface area contributed by atoms with Crippen LogP contribution in [0.4, 0.5) is 4.79 Å². The second-order valence-corrected chi connectivity index (χ2v) is 6.22. The van der Waals surface area contributed by atoms with Gasteiger partial charge in [-0.3, -0.25) is 4.55 Å². The third kappa shape index (κ3) is 1.92. The van der Waals surface area contributed by atoms with Crippen molar-refractivity contribution in [3.05, 3.63) is 21.9 Å². The van der Waals surface area contributed by atoms with Crippen LogP contribution in [0.5, 0.6) is 0 Å². The Labute approximate surface area is 113 Å². The molecule has 2 bridgehead atoms. The molecule has 104 valence electrons. The molecular formula is C9H11N3O5S2. The Bertz CT molecular complexity index is 628. The molecule has 1 aromatic heterocycles. The van der Waals surface area contributed by atoms with Crippen molar-refractivity contribution in [2.75, 3.05) is 13.1 Å². The predicted octanol–water partition coefficient (Wildman–Crippen LogP) is 0.275. The maximum Gasteiger partial charge on any atom is 0.418 e. The molecule has 2 aliphatic heterocycles. The normalized spacial score (nSPS) is 25.9. The Kier molecular flexibility index (Phi) is 2.80. The quantitative estimate of drug-likeness (QED) is 0.775. The third-order valence-electron chi connectivity index (χ3n) is 3.25. The van der Waals surface area contributed by atoms with Crippen LogP contribution < -0.4 is 5.73 Å². The van der Waals surface area contributed by atoms with Gasteiger partial charge in [-0.15, -0.1) is 15.6 Å². The smallest absolute Gasteiger partial charge is 0.328 e. The molecule has 0 radical (unpaired) electrons. The van der Waals surface area contributed by atoms with E-state index in [1.807, 2.05) is 11.4 Å². The number of rotatable bonds is 3. The Morgan fingerprint density at radius 3 is 2.95 bits per heavy atom. The van der Waals surface area contributed by atoms with Crippen molar-refractivity contribution in [1.82, 2.24) is 9.96 Å². The summed E-state index contributed by atoms with van der Waals surface area (Å²) in [5, 5.41) is 2.54. The van der Waals surface area contributed by atoms with Crippen molar-refractivity contribution in [3.8, 4) is 0 Å². The zero-order chi connectivity index (χ0) is 13.8. The van der Waals surface area contributed by atoms with Gasteiger partial charge in [0, 0.05) is 11.4 Å². The van der Waals surface area contributed by atoms with E-state index in [2.05, 4.69) is 4.28 Å². The first-order chi connectivity index (χ1) is 8.92. The number of urea groups is 1. The average Bonchev–Trinajstić information content (AvgIpc) is 2.89. The third-order valence-corrected chi connectivity index (χ3v) is 4.63. The highest BCUT2D eigenvalue weighted by molar-refractivity contribution is 7.80. The van der Waals surface area contributed by atoms with Crippen LogP contribution in [-0.2, 0) is 14.7 Å². The van der Waals surface area contributed by atoms with Crippen LogP contribution in [0.3, 0.4) is 0 Å². The lowest BCUT2D eigenvalue weighted by atomic mass is 10.00. The van der Waals surface area contributed by atoms with E-state index >= 15 is 0 Å². The van der Waals surface area contributed by atoms with Crippen LogP contribution in [0.15, 0.2) is 11.4 Å². The average molecular weight is 305 g/mol. The molecule has 3 heterocycles. The highest BCUT2D eigenvalue weighted by Gasteiger charge is 2.50. The maximum atomic E-state index is 12.1. The molecule has 0 aromatic carbocycles. The highest BCUT2D eigenvalue weighted by Crippen LogP contribution is 2.45. The Morgan fingerprint density at radius 1 is 1.58 bits per heavy atom. The van der Waals surface area contributed by atoms with E-state index < -0.39 is 22.5 Å². The van der Waals surface area contributed by atoms with Crippen molar-refractivity contribution < 1.29 is 22.0 Å². The van der Waals surface area contributed by atoms with Crippen LogP contribution in [-0.4, -0.2) is 42.1 Å². The predicted molar refractivity (Wildman–Crippen MR) is 65.4 cm³/mol. The Balaban J connectivity index is 2.04. The molecule has 2 aliphatic rings. The summed E-state index contributed by atoms with van der Waals surface area (Å²) in [7, 11) is -4.74. The number of nitrogens with two attached hydrogens (primary N) is 1. The second kappa shape index (κ2) is 4.15. The number of fused-ring (bicyclic) bond motifs is 4. The van der Waals surface area contributed by atoms with Gasteiger partial charge in [-0.1, -0.05) is 0 Å². The number of hydrogen-bond acceptors (Lipinski definition) is 6. The summed E-state index contributed by atoms with van der Waals surface area (Å²) in [6.45, 7) is 0.533. The van der Waals surface area contributed by atoms with Gasteiger partial charge in [-0.2, -0.15) is 13.5 Å². The molecule has 1 fully saturated rings. The molecule has 2 atom stereocenters. The summed E-state index contributed by atoms with van der Waals surface area (Å²) >= 11 is 1.46. The first-order valence-electron chi connectivity index (χ1n) is 5.46. The molecule has 3 N–H and O–H groups in total. The van der Waals surface area contributed by atoms with Crippen LogP contribution in [0.25, 0.3) is 0 Å². The molecule has 19 heavy (non-hydrogen) atoms. The molecule has 3 rings (SSSR count). The van der Waals surface area contributed by atoms with Gasteiger partial charge < -0.3 is 10.6 Å². The zero-order valence-corrected chi connectivity index (χ0v) is 11.2. The van der Waals surface area contributed by atoms with E-state index in [1.165, 1.54) is 16.2 Å². The van der Waals surface area contributed by atoms with Gasteiger partial charge in [0.1, 0.15) is 6.04 Å². The number of nitrogens with zero attached hydrogens (tertiary/aromatic N) is 2. The van der Waals surface area contributed by atoms with Crippen LogP contribution >= 0.6 is 11.3 Å². The van der Waals surface area contributed by atoms with E-state index in [1.54, 1.807) is 0 Å². The number of hydrogen-bond donors (Lipinski definition) is 2. The summed E-state index contributed by atoms with van der Waals surface area (Å²) in [5.74, 6) is 0. The van der Waals surface area contributed by atoms with Gasteiger partial charge in [0.15, 0.2) is 0 Å². The Hall–Kier alpha value is -1.20. The van der Waals surface area contributed by atoms with Crippen molar-refractivity contribution in [2.24, 2.45) is 5.73 Å². The fourth-order valence-corrected chi connectivity index (χ4v) is 3.97. The second-order valence-electron chi connectivity index (χ2n) is 4.27. The lowest BCUT2D eigenvalue weighted by Gasteiger charge is -2.29. The molecule has 0 saturated carbocycles. The molecule has 0 unspecified atom stereocenters. The van der Waals surface area contributed by atoms with E-state index in [4.69, 9.17) is 10.3 Å². The lowest BCUT2D eigenvalue weighted by Crippen LogP contribution is -2.37. The molecule has 0 aliphatic carbocycles. The van der Waals surface area contributed by atoms with Gasteiger partial charge in [0.25, 0.3) is 0 Å². The van der Waals surface area contributed by atoms with Gasteiger partial charge in [0.2, 0.25) is 0 Å². The van der Waals surface area contributed by atoms with Crippen molar-refractivity contribution in [2.45, 2.75) is 12.1 Å². The molecule has 2 amide bonds. The fourth-order valence-electron chi connectivity index (χ4n) is 2.52. The largest absolute Gasteiger partial charge is 0.418 e. The standard InChI is InChI=1S/C9H11N3O5S2/c10-3-6-8-5(1-2-18-8)7-4-11(6)9(13)12(7)17-19(14,15)16/h1-2,6-7H,3-4,10H2,(H,14,15,16)/t6-,7-/m1/s1. The highest BCUT2D eigenvalue weighted by atomic mass is 32.3. The van der Waals surface area contributed by atoms with Gasteiger partial charge in [-0.25, -0.2) is 4.79 Å². The number of carbonyl (C=O) groups excluding carboxylic acids is 1. The number of hydroxylamine groups is 2. The summed E-state index contributed by atoms with van der Waals surface area (Å²) < 4.78 is 34.8. The number of thiophene rings is 1. The van der Waals surface area contributed by atoms with Gasteiger partial charge in [-0.05, 0) is 17.0 Å². The molecular weight excluding hydrogens is 294 g/mol. The number of amides is 2. The zero-order valence-electron chi connectivity index (χ0n) is 9.59. The molecule has 0 spiro atoms. The maximum absolute atomic E-state index is 12.1. The molecule has 10 heteroatoms. The SMILES string of the molecule is NC[C@@H]1c2sccc2[C@H]2CN1C(=O)N2OS(=O)(=O)O. The topological polar surface area (TPSA) is 113 Å². The van der Waals surface area contributed by atoms with E-state index in [9.17, 15) is 13.2 Å². The summed E-state index contributed by atoms with van der Waals surface area (Å²) in [4.78, 5) is 14.5. The molecule has 8 nitrogen and oxygen atoms in total. The van der Waals surface area contributed by atoms with Crippen molar-refractivity contribution >= 4 is 27.8 Å². The summed E-state index contributed by atoms with van der Waals surface area (Å²) in [5.41, 5.74) is 6.49. The van der Waals surface area contributed by atoms with Crippen molar-refractivity contribution in [1.29, 1.82) is 0 Å². The van der Waals surface area contributed by atoms with Gasteiger partial charge in [0.05, 0.1) is 12.6 Å². The summed E-state index contributed by atoms with van der Waals surface area (Å²) in [6.07, 6.45) is 0. The first kappa shape index (κ1) is 12.8. The van der Waals surface area contributed by atoms with Crippen LogP contribution in [0, 0.1) is 0 Å². The minimum Gasteiger partial charge on any atom is -0.328 e.